The van der Waals surface area contributed by atoms with Gasteiger partial charge in [0.05, 0.1) is 54.4 Å². The summed E-state index contributed by atoms with van der Waals surface area (Å²) in [4.78, 5) is 102. The number of aromatic amines is 1. The predicted octanol–water partition coefficient (Wildman–Crippen LogP) is 11.9. The van der Waals surface area contributed by atoms with Crippen molar-refractivity contribution in [3.05, 3.63) is 141 Å². The molecule has 1 saturated heterocycles. The van der Waals surface area contributed by atoms with Crippen molar-refractivity contribution in [2.45, 2.75) is 176 Å². The molecule has 39 heteroatoms. The van der Waals surface area contributed by atoms with Crippen molar-refractivity contribution in [2.75, 3.05) is 87.5 Å². The number of allylic oxidation sites excluding steroid dienone is 5. The van der Waals surface area contributed by atoms with Gasteiger partial charge in [-0.05, 0) is 112 Å². The van der Waals surface area contributed by atoms with Crippen LogP contribution in [0.2, 0.25) is 0 Å². The van der Waals surface area contributed by atoms with Crippen LogP contribution in [-0.4, -0.2) is 171 Å². The highest BCUT2D eigenvalue weighted by Crippen LogP contribution is 2.66. The number of nitrogens with two attached hydrogens (primary N) is 1. The summed E-state index contributed by atoms with van der Waals surface area (Å²) in [5, 5.41) is 8.43. The summed E-state index contributed by atoms with van der Waals surface area (Å²) < 4.78 is 115. The maximum Gasteiger partial charge on any atom is 0.490 e. The van der Waals surface area contributed by atoms with Crippen LogP contribution in [0.5, 0.6) is 5.75 Å². The number of fused-ring (bicyclic) bond motifs is 3. The molecule has 1 fully saturated rings. The van der Waals surface area contributed by atoms with Gasteiger partial charge in [-0.3, -0.25) is 33.2 Å². The van der Waals surface area contributed by atoms with Crippen molar-refractivity contribution in [1.82, 2.24) is 30.5 Å². The molecular weight excluding hydrogens is 1610 g/mol. The lowest BCUT2D eigenvalue weighted by molar-refractivity contribution is -0.126. The number of hydrogen-bond acceptors (Lipinski definition) is 25. The van der Waals surface area contributed by atoms with E-state index in [9.17, 15) is 55.6 Å². The van der Waals surface area contributed by atoms with Gasteiger partial charge in [-0.15, -0.1) is 0 Å². The van der Waals surface area contributed by atoms with E-state index in [0.29, 0.717) is 30.7 Å². The summed E-state index contributed by atoms with van der Waals surface area (Å²) in [7, 11) is -15.8. The topological polar surface area (TPSA) is 431 Å². The highest BCUT2D eigenvalue weighted by atomic mass is 33.1. The number of anilines is 3. The molecule has 3 aromatic carbocycles. The number of nitrogens with one attached hydrogen (secondary N) is 4. The number of hydrogen-bond donors (Lipinski definition) is 10. The maximum absolute atomic E-state index is 13.5. The van der Waals surface area contributed by atoms with Crippen LogP contribution in [0, 0.1) is 18.8 Å². The number of benzene rings is 3. The van der Waals surface area contributed by atoms with Gasteiger partial charge in [-0.1, -0.05) is 164 Å². The second kappa shape index (κ2) is 40.7. The molecule has 8 rings (SSSR count). The normalized spacial score (nSPS) is 20.3. The summed E-state index contributed by atoms with van der Waals surface area (Å²) in [5.41, 5.74) is 10.3. The third kappa shape index (κ3) is 26.3. The van der Waals surface area contributed by atoms with E-state index in [1.54, 1.807) is 60.4 Å². The monoisotopic (exact) mass is 1710 g/mol. The number of phosphoric acid groups is 3. The Labute approximate surface area is 669 Å². The lowest BCUT2D eigenvalue weighted by atomic mass is 9.77. The van der Waals surface area contributed by atoms with Gasteiger partial charge in [0.2, 0.25) is 17.8 Å². The molecule has 616 valence electrons. The average Bonchev–Trinajstić information content (AvgIpc) is 1.59. The molecule has 112 heavy (non-hydrogen) atoms. The fourth-order valence-corrected chi connectivity index (χ4v) is 20.2. The second-order valence-electron chi connectivity index (χ2n) is 28.4. The smallest absolute Gasteiger partial charge is 0.490 e. The van der Waals surface area contributed by atoms with E-state index in [0.717, 1.165) is 49.2 Å². The molecule has 3 aliphatic rings. The molecular formula is C73H102N9O22P3S5. The van der Waals surface area contributed by atoms with Gasteiger partial charge >= 0.3 is 23.5 Å². The molecule has 9 atom stereocenters. The minimum Gasteiger partial charge on any atom is -0.490 e. The molecule has 3 aliphatic heterocycles. The van der Waals surface area contributed by atoms with Gasteiger partial charge in [-0.25, -0.2) is 13.7 Å². The number of carbonyl (C=O) groups is 3. The van der Waals surface area contributed by atoms with Crippen LogP contribution in [0.15, 0.2) is 113 Å². The van der Waals surface area contributed by atoms with Gasteiger partial charge in [0.25, 0.3) is 21.6 Å². The summed E-state index contributed by atoms with van der Waals surface area (Å²) in [6.07, 6.45) is 15.7. The van der Waals surface area contributed by atoms with Crippen LogP contribution >= 0.6 is 66.6 Å². The van der Waals surface area contributed by atoms with Crippen LogP contribution in [0.25, 0.3) is 11.0 Å². The lowest BCUT2D eigenvalue weighted by Gasteiger charge is -2.32. The number of ether oxygens (including phenoxy) is 5. The molecule has 0 spiro atoms. The Morgan fingerprint density at radius 3 is 2.34 bits per heavy atom. The van der Waals surface area contributed by atoms with E-state index in [4.69, 9.17) is 43.7 Å². The molecule has 0 aliphatic carbocycles. The van der Waals surface area contributed by atoms with Crippen molar-refractivity contribution in [2.24, 2.45) is 0 Å². The van der Waals surface area contributed by atoms with E-state index in [1.807, 2.05) is 32.9 Å². The number of aryl methyl sites for hydroxylation is 1. The number of nitrogen functional groups attached to an aromatic ring is 1. The molecule has 3 amide bonds. The van der Waals surface area contributed by atoms with Gasteiger partial charge in [0, 0.05) is 83.4 Å². The number of nitrogens with zero attached hydrogens (tertiary/aromatic N) is 4. The molecule has 0 radical (unpaired) electrons. The first-order chi connectivity index (χ1) is 52.7. The van der Waals surface area contributed by atoms with E-state index in [2.05, 4.69) is 134 Å². The quantitative estimate of drug-likeness (QED) is 0.00330. The molecule has 0 saturated carbocycles. The average molecular weight is 1710 g/mol. The van der Waals surface area contributed by atoms with Crippen molar-refractivity contribution in [3.63, 3.8) is 0 Å². The maximum atomic E-state index is 13.5. The number of phosphoric ester groups is 1. The van der Waals surface area contributed by atoms with E-state index < -0.39 is 86.4 Å². The van der Waals surface area contributed by atoms with Gasteiger partial charge < -0.3 is 79.3 Å². The second-order valence-corrected chi connectivity index (χ2v) is 40.2. The van der Waals surface area contributed by atoms with Gasteiger partial charge in [-0.2, -0.15) is 22.0 Å². The van der Waals surface area contributed by atoms with Gasteiger partial charge in [0.15, 0.2) is 5.65 Å². The highest BCUT2D eigenvalue weighted by Gasteiger charge is 2.47. The molecule has 5 aromatic rings. The summed E-state index contributed by atoms with van der Waals surface area (Å²) in [6.45, 7) is 21.7. The SMILES string of the molecule is CCCCN1\C(=C/C=C/C=C/C2N(CCCC)c3ccc(C)cc3C2(C)C)C(C)(CCCC(=O)NCCNC(=O)c2cccc(OCC(OCCOCC(=O)NCC#Cc3cn([C@H]4CC(O[C@H](C)SSC)[C@@H](COP(=O)(O)OP(=O)(O)OP(=O)(O)O)O4)c4nc(N)[nH]c(=O)c34)SSC(C)(C)C)c2)c2cc(S(=O)(=O)O)ccc21. The number of carbonyl (C=O) groups excluding carboxylic acids is 3. The number of rotatable bonds is 42. The van der Waals surface area contributed by atoms with Crippen LogP contribution < -0.4 is 41.8 Å². The largest absolute Gasteiger partial charge is 0.490 e. The fraction of sp³-hybridized carbons (Fsp3) is 0.521. The number of amides is 3. The fourth-order valence-electron chi connectivity index (χ4n) is 13.1. The first-order valence-electron chi connectivity index (χ1n) is 36.3. The van der Waals surface area contributed by atoms with E-state index in [-0.39, 0.29) is 114 Å². The highest BCUT2D eigenvalue weighted by molar-refractivity contribution is 8.77. The molecule has 2 aromatic heterocycles. The molecule has 6 unspecified atom stereocenters. The zero-order valence-electron chi connectivity index (χ0n) is 64.4. The Bertz CT molecular complexity index is 4620. The van der Waals surface area contributed by atoms with Crippen molar-refractivity contribution < 1.29 is 97.5 Å². The number of aromatic nitrogens is 3. The standard InChI is InChI=1S/C73H102N9O22P3S5/c1-12-14-36-80-56-30-28-48(3)40-54(56)72(8,9)60(80)25-17-16-18-26-61-73(10,55-42-53(112(94,95)96)29-31-57(55)81(61)37-15-13-2)32-20-27-62(83)76-34-35-77-68(85)50-22-19-24-52(41-50)99-47-65(110-111-71(5,6)7)98-39-38-97-46-63(84)75-33-21-23-51-44-82(67-66(51)69(86)79-70(74)78-67)64-43-58(101-49(4)109-108-11)59(102-64)45-100-106(90,91)104-107(92,93)103-105(87,88)89/h16-19,22,24-26,28-31,40-42,44,49,58-60,64-65H,12-15,20,27,32-39,43,45-47H2,1-11H3,(H,75,84)(H,76,83)(H,77,85)(H,90,91)(H,92,93)(H2,87,88,89)(H,94,95,96)(H3,74,78,79,86)/b18-16+,25-17+,61-26-/t49-,58?,59+,60?,64+,65?,73?/m0/s1. The van der Waals surface area contributed by atoms with Crippen molar-refractivity contribution in [1.29, 1.82) is 0 Å². The van der Waals surface area contributed by atoms with Crippen LogP contribution in [0.1, 0.15) is 153 Å². The zero-order chi connectivity index (χ0) is 82.0. The zero-order valence-corrected chi connectivity index (χ0v) is 71.1. The summed E-state index contributed by atoms with van der Waals surface area (Å²) in [6, 6.07) is 18.3. The van der Waals surface area contributed by atoms with Gasteiger partial charge in [0.1, 0.15) is 42.2 Å². The Hall–Kier alpha value is -5.97. The number of H-pyrrole nitrogens is 1. The van der Waals surface area contributed by atoms with Crippen LogP contribution in [-0.2, 0) is 76.3 Å². The Morgan fingerprint density at radius 1 is 0.893 bits per heavy atom. The predicted molar refractivity (Wildman–Crippen MR) is 438 cm³/mol. The Balaban J connectivity index is 0.801. The number of unbranched alkanes of at least 4 members (excludes halogenated alkanes) is 2. The summed E-state index contributed by atoms with van der Waals surface area (Å²) in [5.74, 6) is 4.69. The Morgan fingerprint density at radius 2 is 1.62 bits per heavy atom. The molecule has 11 N–H and O–H groups in total. The molecule has 0 bridgehead atoms. The van der Waals surface area contributed by atoms with Crippen LogP contribution in [0.3, 0.4) is 0 Å². The first kappa shape index (κ1) is 91.6. The van der Waals surface area contributed by atoms with Crippen LogP contribution in [0.4, 0.5) is 17.3 Å². The lowest BCUT2D eigenvalue weighted by Crippen LogP contribution is -2.40. The van der Waals surface area contributed by atoms with Crippen molar-refractivity contribution in [3.8, 4) is 17.6 Å². The van der Waals surface area contributed by atoms with Crippen molar-refractivity contribution >= 4 is 123 Å². The third-order valence-electron chi connectivity index (χ3n) is 18.2. The Kier molecular flexibility index (Phi) is 33.3. The minimum absolute atomic E-state index is 0.000815. The van der Waals surface area contributed by atoms with E-state index in [1.165, 1.54) is 66.0 Å². The molecule has 5 heterocycles. The molecule has 31 nitrogen and oxygen atoms in total. The summed E-state index contributed by atoms with van der Waals surface area (Å²) >= 11 is 0. The third-order valence-corrected chi connectivity index (χ3v) is 28.3. The van der Waals surface area contributed by atoms with E-state index >= 15 is 0 Å². The first-order valence-corrected chi connectivity index (χ1v) is 47.1. The minimum atomic E-state index is -5.82.